The molecule has 1 aromatic heterocycles. The van der Waals surface area contributed by atoms with Gasteiger partial charge in [-0.1, -0.05) is 25.6 Å². The van der Waals surface area contributed by atoms with Crippen LogP contribution in [0.2, 0.25) is 0 Å². The molecule has 0 aliphatic heterocycles. The minimum Gasteiger partial charge on any atom is -0.369 e. The highest BCUT2D eigenvalue weighted by Crippen LogP contribution is 2.29. The van der Waals surface area contributed by atoms with Crippen molar-refractivity contribution >= 4 is 38.7 Å². The first-order chi connectivity index (χ1) is 11.8. The van der Waals surface area contributed by atoms with E-state index in [9.17, 15) is 13.2 Å². The summed E-state index contributed by atoms with van der Waals surface area (Å²) < 4.78 is 28.7. The molecule has 2 rings (SSSR count). The van der Waals surface area contributed by atoms with E-state index in [1.54, 1.807) is 25.1 Å². The second kappa shape index (κ2) is 7.76. The summed E-state index contributed by atoms with van der Waals surface area (Å²) >= 11 is 1.27. The Morgan fingerprint density at radius 3 is 2.48 bits per heavy atom. The van der Waals surface area contributed by atoms with Crippen LogP contribution in [-0.2, 0) is 21.4 Å². The number of carbonyl (C=O) groups is 1. The summed E-state index contributed by atoms with van der Waals surface area (Å²) in [4.78, 5) is 16.1. The summed E-state index contributed by atoms with van der Waals surface area (Å²) in [7, 11) is -3.54. The molecule has 1 heterocycles. The molecule has 0 aliphatic carbocycles. The van der Waals surface area contributed by atoms with Crippen LogP contribution in [0.3, 0.4) is 0 Å². The second-order valence-electron chi connectivity index (χ2n) is 5.54. The van der Waals surface area contributed by atoms with Gasteiger partial charge in [-0.3, -0.25) is 4.79 Å². The summed E-state index contributed by atoms with van der Waals surface area (Å²) in [6, 6.07) is 4.96. The van der Waals surface area contributed by atoms with Crippen LogP contribution < -0.4 is 5.73 Å². The van der Waals surface area contributed by atoms with Gasteiger partial charge in [0.2, 0.25) is 15.9 Å². The number of nitrogens with zero attached hydrogens (tertiary/aromatic N) is 3. The topological polar surface area (TPSA) is 98.3 Å². The number of aryl methyl sites for hydroxylation is 1. The molecule has 1 amide bonds. The molecule has 25 heavy (non-hydrogen) atoms. The van der Waals surface area contributed by atoms with E-state index in [0.717, 1.165) is 5.52 Å². The number of benzene rings is 1. The third kappa shape index (κ3) is 3.83. The Morgan fingerprint density at radius 1 is 1.32 bits per heavy atom. The lowest BCUT2D eigenvalue weighted by molar-refractivity contribution is -0.117. The van der Waals surface area contributed by atoms with Crippen molar-refractivity contribution in [1.82, 2.24) is 13.9 Å². The van der Waals surface area contributed by atoms with Gasteiger partial charge < -0.3 is 10.3 Å². The molecule has 1 aromatic carbocycles. The van der Waals surface area contributed by atoms with Crippen molar-refractivity contribution in [2.75, 3.05) is 13.1 Å². The molecule has 0 saturated carbocycles. The minimum absolute atomic E-state index is 0.226. The number of hydrogen-bond acceptors (Lipinski definition) is 5. The number of nitrogens with two attached hydrogens (primary N) is 1. The maximum atomic E-state index is 12.7. The Balaban J connectivity index is 2.52. The van der Waals surface area contributed by atoms with Gasteiger partial charge in [-0.15, -0.1) is 0 Å². The zero-order valence-electron chi connectivity index (χ0n) is 14.9. The van der Waals surface area contributed by atoms with Crippen molar-refractivity contribution in [2.24, 2.45) is 5.73 Å². The van der Waals surface area contributed by atoms with E-state index in [0.29, 0.717) is 30.3 Å². The van der Waals surface area contributed by atoms with Crippen LogP contribution in [0.25, 0.3) is 11.0 Å². The summed E-state index contributed by atoms with van der Waals surface area (Å²) in [6.07, 6.45) is 0. The number of sulfonamides is 1. The van der Waals surface area contributed by atoms with Gasteiger partial charge in [0.25, 0.3) is 0 Å². The van der Waals surface area contributed by atoms with E-state index in [-0.39, 0.29) is 4.90 Å². The van der Waals surface area contributed by atoms with Crippen molar-refractivity contribution in [2.45, 2.75) is 49.5 Å². The average Bonchev–Trinajstić information content (AvgIpc) is 2.91. The quantitative estimate of drug-likeness (QED) is 0.703. The summed E-state index contributed by atoms with van der Waals surface area (Å²) in [5.41, 5.74) is 6.76. The van der Waals surface area contributed by atoms with E-state index < -0.39 is 21.2 Å². The molecule has 0 fully saturated rings. The van der Waals surface area contributed by atoms with Crippen LogP contribution >= 0.6 is 11.8 Å². The van der Waals surface area contributed by atoms with Crippen molar-refractivity contribution in [1.29, 1.82) is 0 Å². The number of primary amides is 1. The molecule has 138 valence electrons. The lowest BCUT2D eigenvalue weighted by Crippen LogP contribution is -2.30. The average molecular weight is 385 g/mol. The fraction of sp³-hybridized carbons (Fsp3) is 0.500. The van der Waals surface area contributed by atoms with Gasteiger partial charge in [-0.2, -0.15) is 4.31 Å². The zero-order valence-corrected chi connectivity index (χ0v) is 16.5. The van der Waals surface area contributed by atoms with Gasteiger partial charge in [0.1, 0.15) is 0 Å². The van der Waals surface area contributed by atoms with Gasteiger partial charge >= 0.3 is 0 Å². The number of rotatable bonds is 8. The van der Waals surface area contributed by atoms with Gasteiger partial charge in [0, 0.05) is 19.6 Å². The smallest absolute Gasteiger partial charge is 0.243 e. The number of carbonyl (C=O) groups excluding carboxylic acids is 1. The summed E-state index contributed by atoms with van der Waals surface area (Å²) in [5, 5.41) is 0.238. The van der Waals surface area contributed by atoms with Crippen LogP contribution in [0.15, 0.2) is 28.3 Å². The Hall–Kier alpha value is -1.58. The minimum atomic E-state index is -3.54. The Kier molecular flexibility index (Phi) is 6.12. The van der Waals surface area contributed by atoms with Crippen molar-refractivity contribution in [3.8, 4) is 0 Å². The summed E-state index contributed by atoms with van der Waals surface area (Å²) in [5.74, 6) is -0.412. The van der Waals surface area contributed by atoms with Gasteiger partial charge in [-0.25, -0.2) is 13.4 Å². The van der Waals surface area contributed by atoms with Crippen molar-refractivity contribution in [3.63, 3.8) is 0 Å². The molecule has 2 N–H and O–H groups in total. The zero-order chi connectivity index (χ0) is 18.8. The van der Waals surface area contributed by atoms with Crippen LogP contribution in [0.4, 0.5) is 0 Å². The maximum Gasteiger partial charge on any atom is 0.243 e. The fourth-order valence-electron chi connectivity index (χ4n) is 2.57. The monoisotopic (exact) mass is 384 g/mol. The molecule has 2 aromatic rings. The summed E-state index contributed by atoms with van der Waals surface area (Å²) in [6.45, 7) is 8.81. The molecule has 0 radical (unpaired) electrons. The Labute approximate surface area is 152 Å². The molecule has 7 nitrogen and oxygen atoms in total. The van der Waals surface area contributed by atoms with Crippen LogP contribution in [0.1, 0.15) is 27.7 Å². The lowest BCUT2D eigenvalue weighted by Gasteiger charge is -2.18. The highest BCUT2D eigenvalue weighted by atomic mass is 32.2. The number of hydrogen-bond donors (Lipinski definition) is 1. The molecule has 1 atom stereocenters. The standard InChI is InChI=1S/C16H24N4O3S2/c1-5-19(6-2)25(22,23)12-8-9-14-13(10-12)18-16(20(14)7-3)24-11(4)15(17)21/h8-11H,5-7H2,1-4H3,(H2,17,21). The second-order valence-corrected chi connectivity index (χ2v) is 8.79. The number of fused-ring (bicyclic) bond motifs is 1. The SMILES string of the molecule is CCN(CC)S(=O)(=O)c1ccc2c(c1)nc(SC(C)C(N)=O)n2CC. The molecule has 0 bridgehead atoms. The molecule has 0 spiro atoms. The lowest BCUT2D eigenvalue weighted by atomic mass is 10.3. The Bertz CT molecular complexity index is 873. The molecule has 1 unspecified atom stereocenters. The first kappa shape index (κ1) is 19.7. The van der Waals surface area contributed by atoms with E-state index in [1.807, 2.05) is 25.3 Å². The van der Waals surface area contributed by atoms with E-state index in [4.69, 9.17) is 5.73 Å². The molecular weight excluding hydrogens is 360 g/mol. The maximum absolute atomic E-state index is 12.7. The van der Waals surface area contributed by atoms with Gasteiger partial charge in [0.15, 0.2) is 5.16 Å². The van der Waals surface area contributed by atoms with Crippen LogP contribution in [0, 0.1) is 0 Å². The van der Waals surface area contributed by atoms with Crippen LogP contribution in [-0.4, -0.2) is 46.5 Å². The van der Waals surface area contributed by atoms with Crippen LogP contribution in [0.5, 0.6) is 0 Å². The van der Waals surface area contributed by atoms with E-state index in [1.165, 1.54) is 16.1 Å². The molecule has 9 heteroatoms. The van der Waals surface area contributed by atoms with E-state index in [2.05, 4.69) is 4.98 Å². The number of amides is 1. The Morgan fingerprint density at radius 2 is 1.96 bits per heavy atom. The number of aromatic nitrogens is 2. The molecule has 0 aliphatic rings. The van der Waals surface area contributed by atoms with Crippen molar-refractivity contribution in [3.05, 3.63) is 18.2 Å². The predicted molar refractivity (Wildman–Crippen MR) is 100 cm³/mol. The highest BCUT2D eigenvalue weighted by molar-refractivity contribution is 8.00. The molecule has 0 saturated heterocycles. The van der Waals surface area contributed by atoms with Gasteiger partial charge in [0.05, 0.1) is 21.2 Å². The fourth-order valence-corrected chi connectivity index (χ4v) is 4.99. The third-order valence-electron chi connectivity index (χ3n) is 4.03. The molecular formula is C16H24N4O3S2. The first-order valence-electron chi connectivity index (χ1n) is 8.22. The van der Waals surface area contributed by atoms with E-state index >= 15 is 0 Å². The highest BCUT2D eigenvalue weighted by Gasteiger charge is 2.23. The predicted octanol–water partition coefficient (Wildman–Crippen LogP) is 2.05. The van der Waals surface area contributed by atoms with Crippen molar-refractivity contribution < 1.29 is 13.2 Å². The van der Waals surface area contributed by atoms with Gasteiger partial charge in [-0.05, 0) is 32.0 Å². The first-order valence-corrected chi connectivity index (χ1v) is 10.5. The number of thioether (sulfide) groups is 1. The normalized spacial score (nSPS) is 13.5. The number of imidazole rings is 1. The third-order valence-corrected chi connectivity index (χ3v) is 7.18. The largest absolute Gasteiger partial charge is 0.369 e.